The molecule has 0 unspecified atom stereocenters. The quantitative estimate of drug-likeness (QED) is 0.774. The Labute approximate surface area is 145 Å². The molecule has 0 N–H and O–H groups in total. The van der Waals surface area contributed by atoms with E-state index in [-0.39, 0.29) is 18.1 Å². The summed E-state index contributed by atoms with van der Waals surface area (Å²) in [5.41, 5.74) is 1.12. The molecule has 6 nitrogen and oxygen atoms in total. The van der Waals surface area contributed by atoms with Crippen molar-refractivity contribution in [1.29, 1.82) is 0 Å². The normalized spacial score (nSPS) is 21.0. The fourth-order valence-corrected chi connectivity index (χ4v) is 3.42. The number of carbonyl (C=O) groups is 1. The Hall–Kier alpha value is -1.86. The lowest BCUT2D eigenvalue weighted by atomic mass is 10.2. The summed E-state index contributed by atoms with van der Waals surface area (Å²) in [6.45, 7) is 5.23. The standard InChI is InChI=1S/C17H21N3O3S/c1-12-9-20(10-13(2)22-12)16(21)11-24-17-19-18-15(23-17)8-14-6-4-3-5-7-14/h3-7,12-13H,8-11H2,1-2H3/t12-,13+. The molecule has 24 heavy (non-hydrogen) atoms. The summed E-state index contributed by atoms with van der Waals surface area (Å²) in [6.07, 6.45) is 0.744. The maximum atomic E-state index is 12.3. The average molecular weight is 347 g/mol. The van der Waals surface area contributed by atoms with Crippen molar-refractivity contribution in [2.24, 2.45) is 0 Å². The molecule has 0 radical (unpaired) electrons. The predicted octanol–water partition coefficient (Wildman–Crippen LogP) is 2.39. The first-order valence-electron chi connectivity index (χ1n) is 8.02. The fraction of sp³-hybridized carbons (Fsp3) is 0.471. The highest BCUT2D eigenvalue weighted by Gasteiger charge is 2.26. The molecule has 0 saturated carbocycles. The van der Waals surface area contributed by atoms with Gasteiger partial charge in [-0.3, -0.25) is 4.79 Å². The van der Waals surface area contributed by atoms with E-state index in [4.69, 9.17) is 9.15 Å². The van der Waals surface area contributed by atoms with E-state index in [1.54, 1.807) is 0 Å². The smallest absolute Gasteiger partial charge is 0.277 e. The number of nitrogens with zero attached hydrogens (tertiary/aromatic N) is 3. The minimum absolute atomic E-state index is 0.0728. The summed E-state index contributed by atoms with van der Waals surface area (Å²) < 4.78 is 11.3. The highest BCUT2D eigenvalue weighted by atomic mass is 32.2. The monoisotopic (exact) mass is 347 g/mol. The van der Waals surface area contributed by atoms with Crippen LogP contribution in [0.4, 0.5) is 0 Å². The van der Waals surface area contributed by atoms with Crippen LogP contribution < -0.4 is 0 Å². The SMILES string of the molecule is C[C@@H]1CN(C(=O)CSc2nnc(Cc3ccccc3)o2)C[C@H](C)O1. The summed E-state index contributed by atoms with van der Waals surface area (Å²) in [5.74, 6) is 0.932. The van der Waals surface area contributed by atoms with E-state index in [0.717, 1.165) is 5.56 Å². The summed E-state index contributed by atoms with van der Waals surface area (Å²) in [7, 11) is 0. The molecular weight excluding hydrogens is 326 g/mol. The second-order valence-electron chi connectivity index (χ2n) is 5.97. The molecule has 2 heterocycles. The van der Waals surface area contributed by atoms with Gasteiger partial charge in [-0.25, -0.2) is 0 Å². The lowest BCUT2D eigenvalue weighted by molar-refractivity contribution is -0.140. The maximum Gasteiger partial charge on any atom is 0.277 e. The van der Waals surface area contributed by atoms with E-state index in [1.807, 2.05) is 49.1 Å². The molecule has 7 heteroatoms. The van der Waals surface area contributed by atoms with E-state index in [0.29, 0.717) is 36.4 Å². The predicted molar refractivity (Wildman–Crippen MR) is 90.9 cm³/mol. The van der Waals surface area contributed by atoms with Gasteiger partial charge in [0.25, 0.3) is 5.22 Å². The molecule has 0 bridgehead atoms. The van der Waals surface area contributed by atoms with Crippen molar-refractivity contribution in [3.05, 3.63) is 41.8 Å². The van der Waals surface area contributed by atoms with Crippen LogP contribution in [0, 0.1) is 0 Å². The van der Waals surface area contributed by atoms with E-state index in [9.17, 15) is 4.79 Å². The average Bonchev–Trinajstić information content (AvgIpc) is 3.00. The molecule has 1 aliphatic heterocycles. The van der Waals surface area contributed by atoms with Gasteiger partial charge in [0.1, 0.15) is 0 Å². The van der Waals surface area contributed by atoms with Crippen molar-refractivity contribution < 1.29 is 13.9 Å². The Kier molecular flexibility index (Phi) is 5.52. The molecule has 1 aromatic carbocycles. The van der Waals surface area contributed by atoms with E-state index < -0.39 is 0 Å². The molecular formula is C17H21N3O3S. The lowest BCUT2D eigenvalue weighted by Crippen LogP contribution is -2.48. The minimum atomic E-state index is 0.0728. The lowest BCUT2D eigenvalue weighted by Gasteiger charge is -2.35. The van der Waals surface area contributed by atoms with Crippen LogP contribution in [0.1, 0.15) is 25.3 Å². The largest absolute Gasteiger partial charge is 0.416 e. The number of benzene rings is 1. The zero-order valence-corrected chi connectivity index (χ0v) is 14.7. The van der Waals surface area contributed by atoms with E-state index in [1.165, 1.54) is 11.8 Å². The van der Waals surface area contributed by atoms with Crippen LogP contribution in [-0.4, -0.2) is 52.1 Å². The van der Waals surface area contributed by atoms with Crippen molar-refractivity contribution in [3.8, 4) is 0 Å². The second-order valence-corrected chi connectivity index (χ2v) is 6.90. The Morgan fingerprint density at radius 2 is 1.92 bits per heavy atom. The molecule has 1 fully saturated rings. The van der Waals surface area contributed by atoms with E-state index in [2.05, 4.69) is 10.2 Å². The first kappa shape index (κ1) is 17.0. The van der Waals surface area contributed by atoms with Gasteiger partial charge in [0, 0.05) is 13.1 Å². The minimum Gasteiger partial charge on any atom is -0.416 e. The number of aromatic nitrogens is 2. The molecule has 2 atom stereocenters. The number of carbonyl (C=O) groups excluding carboxylic acids is 1. The Morgan fingerprint density at radius 1 is 1.21 bits per heavy atom. The van der Waals surface area contributed by atoms with Crippen LogP contribution in [0.5, 0.6) is 0 Å². The van der Waals surface area contributed by atoms with Crippen molar-refractivity contribution in [2.45, 2.75) is 37.7 Å². The van der Waals surface area contributed by atoms with Gasteiger partial charge in [0.2, 0.25) is 11.8 Å². The van der Waals surface area contributed by atoms with Crippen molar-refractivity contribution in [2.75, 3.05) is 18.8 Å². The summed E-state index contributed by atoms with van der Waals surface area (Å²) in [5, 5.41) is 8.49. The highest BCUT2D eigenvalue weighted by molar-refractivity contribution is 7.99. The Bertz CT molecular complexity index is 667. The zero-order chi connectivity index (χ0) is 16.9. The third-order valence-corrected chi connectivity index (χ3v) is 4.54. The summed E-state index contributed by atoms with van der Waals surface area (Å²) in [6, 6.07) is 9.95. The third-order valence-electron chi connectivity index (χ3n) is 3.74. The van der Waals surface area contributed by atoms with Gasteiger partial charge < -0.3 is 14.1 Å². The zero-order valence-electron chi connectivity index (χ0n) is 13.8. The number of amides is 1. The first-order valence-corrected chi connectivity index (χ1v) is 9.01. The number of hydrogen-bond donors (Lipinski definition) is 0. The summed E-state index contributed by atoms with van der Waals surface area (Å²) in [4.78, 5) is 14.2. The van der Waals surface area contributed by atoms with Crippen LogP contribution in [0.2, 0.25) is 0 Å². The van der Waals surface area contributed by atoms with Gasteiger partial charge in [-0.15, -0.1) is 10.2 Å². The van der Waals surface area contributed by atoms with Crippen LogP contribution in [-0.2, 0) is 16.0 Å². The number of rotatable bonds is 5. The van der Waals surface area contributed by atoms with Gasteiger partial charge in [-0.2, -0.15) is 0 Å². The van der Waals surface area contributed by atoms with Gasteiger partial charge in [-0.05, 0) is 19.4 Å². The first-order chi connectivity index (χ1) is 11.6. The molecule has 0 aliphatic carbocycles. The Morgan fingerprint density at radius 3 is 2.62 bits per heavy atom. The van der Waals surface area contributed by atoms with Crippen LogP contribution in [0.3, 0.4) is 0 Å². The van der Waals surface area contributed by atoms with Crippen LogP contribution >= 0.6 is 11.8 Å². The molecule has 2 aromatic rings. The van der Waals surface area contributed by atoms with Crippen LogP contribution in [0.15, 0.2) is 40.0 Å². The molecule has 1 aliphatic rings. The molecule has 128 valence electrons. The molecule has 1 amide bonds. The third kappa shape index (κ3) is 4.58. The molecule has 0 spiro atoms. The number of ether oxygens (including phenoxy) is 1. The summed E-state index contributed by atoms with van der Waals surface area (Å²) >= 11 is 1.28. The van der Waals surface area contributed by atoms with Gasteiger partial charge in [-0.1, -0.05) is 42.1 Å². The highest BCUT2D eigenvalue weighted by Crippen LogP contribution is 2.19. The van der Waals surface area contributed by atoms with Crippen molar-refractivity contribution >= 4 is 17.7 Å². The van der Waals surface area contributed by atoms with E-state index >= 15 is 0 Å². The van der Waals surface area contributed by atoms with Crippen LogP contribution in [0.25, 0.3) is 0 Å². The maximum absolute atomic E-state index is 12.3. The number of hydrogen-bond acceptors (Lipinski definition) is 6. The van der Waals surface area contributed by atoms with Crippen molar-refractivity contribution in [1.82, 2.24) is 15.1 Å². The number of thioether (sulfide) groups is 1. The Balaban J connectivity index is 1.51. The van der Waals surface area contributed by atoms with Gasteiger partial charge in [0.05, 0.1) is 24.4 Å². The molecule has 3 rings (SSSR count). The van der Waals surface area contributed by atoms with Crippen molar-refractivity contribution in [3.63, 3.8) is 0 Å². The second kappa shape index (κ2) is 7.81. The van der Waals surface area contributed by atoms with Gasteiger partial charge in [0.15, 0.2) is 0 Å². The van der Waals surface area contributed by atoms with Gasteiger partial charge >= 0.3 is 0 Å². The molecule has 1 saturated heterocycles. The fourth-order valence-electron chi connectivity index (χ4n) is 2.73. The topological polar surface area (TPSA) is 68.5 Å². The number of morpholine rings is 1. The molecule has 1 aromatic heterocycles.